The molecule has 0 aliphatic carbocycles. The number of rotatable bonds is 5. The molecule has 6 nitrogen and oxygen atoms in total. The molecular formula is C29H33N3O3. The number of anilines is 1. The Morgan fingerprint density at radius 1 is 1.17 bits per heavy atom. The molecule has 7 rings (SSSR count). The van der Waals surface area contributed by atoms with Gasteiger partial charge in [0.1, 0.15) is 11.9 Å². The molecule has 4 aliphatic rings. The minimum absolute atomic E-state index is 0.162. The van der Waals surface area contributed by atoms with Crippen molar-refractivity contribution in [2.24, 2.45) is 11.8 Å². The Balaban J connectivity index is 1.39. The summed E-state index contributed by atoms with van der Waals surface area (Å²) in [6.45, 7) is 5.11. The van der Waals surface area contributed by atoms with Crippen molar-refractivity contribution in [1.29, 1.82) is 0 Å². The number of piperidine rings is 3. The van der Waals surface area contributed by atoms with Crippen LogP contribution in [0.2, 0.25) is 0 Å². The Hall–Kier alpha value is -3.12. The van der Waals surface area contributed by atoms with Gasteiger partial charge in [0.2, 0.25) is 0 Å². The van der Waals surface area contributed by atoms with Crippen molar-refractivity contribution in [2.75, 3.05) is 31.6 Å². The second-order valence-corrected chi connectivity index (χ2v) is 10.1. The maximum absolute atomic E-state index is 13.7. The molecule has 0 saturated carbocycles. The van der Waals surface area contributed by atoms with Gasteiger partial charge in [-0.25, -0.2) is 4.79 Å². The predicted molar refractivity (Wildman–Crippen MR) is 137 cm³/mol. The van der Waals surface area contributed by atoms with Gasteiger partial charge in [-0.2, -0.15) is 0 Å². The highest BCUT2D eigenvalue weighted by Crippen LogP contribution is 2.44. The van der Waals surface area contributed by atoms with Gasteiger partial charge in [-0.05, 0) is 73.5 Å². The number of carbonyl (C=O) groups is 1. The van der Waals surface area contributed by atoms with Gasteiger partial charge in [0.05, 0.1) is 24.4 Å². The smallest absolute Gasteiger partial charge is 0.414 e. The number of methoxy groups -OCH3 is 1. The summed E-state index contributed by atoms with van der Waals surface area (Å²) in [5.41, 5.74) is 4.07. The first-order valence-corrected chi connectivity index (χ1v) is 12.9. The van der Waals surface area contributed by atoms with Crippen LogP contribution in [0.4, 0.5) is 10.5 Å². The Morgan fingerprint density at radius 2 is 2.06 bits per heavy atom. The molecule has 5 heterocycles. The van der Waals surface area contributed by atoms with E-state index in [1.807, 2.05) is 48.7 Å². The number of para-hydroxylation sites is 1. The van der Waals surface area contributed by atoms with Crippen molar-refractivity contribution in [1.82, 2.24) is 9.88 Å². The fraction of sp³-hybridized carbons (Fsp3) is 0.448. The molecule has 4 aliphatic heterocycles. The molecule has 1 aromatic heterocycles. The zero-order chi connectivity index (χ0) is 23.9. The zero-order valence-electron chi connectivity index (χ0n) is 20.5. The van der Waals surface area contributed by atoms with E-state index in [9.17, 15) is 4.79 Å². The van der Waals surface area contributed by atoms with Gasteiger partial charge in [0, 0.05) is 30.2 Å². The average molecular weight is 472 g/mol. The minimum atomic E-state index is -0.367. The summed E-state index contributed by atoms with van der Waals surface area (Å²) >= 11 is 0. The van der Waals surface area contributed by atoms with E-state index in [0.29, 0.717) is 12.5 Å². The van der Waals surface area contributed by atoms with E-state index in [0.717, 1.165) is 59.8 Å². The monoisotopic (exact) mass is 471 g/mol. The van der Waals surface area contributed by atoms with Crippen LogP contribution in [0.15, 0.2) is 54.7 Å². The van der Waals surface area contributed by atoms with Crippen LogP contribution in [-0.4, -0.2) is 48.8 Å². The van der Waals surface area contributed by atoms with Crippen molar-refractivity contribution in [3.05, 3.63) is 65.9 Å². The summed E-state index contributed by atoms with van der Waals surface area (Å²) in [7, 11) is 1.68. The van der Waals surface area contributed by atoms with Gasteiger partial charge in [-0.1, -0.05) is 31.5 Å². The number of hydrogen-bond donors (Lipinski definition) is 0. The molecule has 2 aromatic carbocycles. The van der Waals surface area contributed by atoms with E-state index < -0.39 is 0 Å². The lowest BCUT2D eigenvalue weighted by molar-refractivity contribution is -0.0593. The number of fused-ring (bicyclic) bond motifs is 5. The molecule has 35 heavy (non-hydrogen) atoms. The number of hydrogen-bond acceptors (Lipinski definition) is 5. The van der Waals surface area contributed by atoms with E-state index in [4.69, 9.17) is 9.47 Å². The summed E-state index contributed by atoms with van der Waals surface area (Å²) in [6.07, 6.45) is 5.57. The molecule has 3 saturated heterocycles. The molecule has 0 N–H and O–H groups in total. The van der Waals surface area contributed by atoms with Crippen LogP contribution in [0.5, 0.6) is 5.75 Å². The maximum atomic E-state index is 13.7. The van der Waals surface area contributed by atoms with Gasteiger partial charge >= 0.3 is 6.09 Å². The molecule has 0 radical (unpaired) electrons. The molecule has 1 amide bonds. The predicted octanol–water partition coefficient (Wildman–Crippen LogP) is 5.60. The number of carbonyl (C=O) groups excluding carboxylic acids is 1. The van der Waals surface area contributed by atoms with Crippen LogP contribution in [0.3, 0.4) is 0 Å². The van der Waals surface area contributed by atoms with Crippen LogP contribution in [0.1, 0.15) is 43.4 Å². The quantitative estimate of drug-likeness (QED) is 0.485. The fourth-order valence-corrected chi connectivity index (χ4v) is 6.53. The van der Waals surface area contributed by atoms with Crippen molar-refractivity contribution in [3.8, 4) is 5.75 Å². The van der Waals surface area contributed by atoms with Crippen LogP contribution in [0.25, 0.3) is 10.9 Å². The summed E-state index contributed by atoms with van der Waals surface area (Å²) in [4.78, 5) is 22.6. The van der Waals surface area contributed by atoms with Crippen LogP contribution < -0.4 is 9.64 Å². The van der Waals surface area contributed by atoms with Crippen LogP contribution in [0, 0.1) is 11.8 Å². The van der Waals surface area contributed by atoms with Gasteiger partial charge in [0.15, 0.2) is 0 Å². The zero-order valence-corrected chi connectivity index (χ0v) is 20.5. The fourth-order valence-electron chi connectivity index (χ4n) is 6.53. The molecule has 0 spiro atoms. The summed E-state index contributed by atoms with van der Waals surface area (Å²) in [6, 6.07) is 16.3. The lowest BCUT2D eigenvalue weighted by Gasteiger charge is -2.51. The van der Waals surface area contributed by atoms with E-state index in [1.165, 1.54) is 18.4 Å². The maximum Gasteiger partial charge on any atom is 0.414 e. The highest BCUT2D eigenvalue weighted by atomic mass is 16.6. The normalized spacial score (nSPS) is 25.9. The second kappa shape index (κ2) is 9.15. The Labute approximate surface area is 206 Å². The number of ether oxygens (including phenoxy) is 2. The van der Waals surface area contributed by atoms with Gasteiger partial charge < -0.3 is 9.47 Å². The molecule has 6 heteroatoms. The molecular weight excluding hydrogens is 438 g/mol. The van der Waals surface area contributed by atoms with Gasteiger partial charge in [-0.15, -0.1) is 0 Å². The average Bonchev–Trinajstić information content (AvgIpc) is 3.35. The first-order chi connectivity index (χ1) is 17.2. The van der Waals surface area contributed by atoms with Crippen molar-refractivity contribution >= 4 is 22.7 Å². The first-order valence-electron chi connectivity index (χ1n) is 12.9. The second-order valence-electron chi connectivity index (χ2n) is 10.1. The van der Waals surface area contributed by atoms with E-state index in [2.05, 4.69) is 22.9 Å². The minimum Gasteiger partial charge on any atom is -0.497 e. The number of amides is 1. The van der Waals surface area contributed by atoms with E-state index >= 15 is 0 Å². The third-order valence-corrected chi connectivity index (χ3v) is 8.43. The van der Waals surface area contributed by atoms with E-state index in [-0.39, 0.29) is 18.2 Å². The third-order valence-electron chi connectivity index (χ3n) is 8.43. The Bertz CT molecular complexity index is 1240. The first kappa shape index (κ1) is 22.4. The largest absolute Gasteiger partial charge is 0.497 e. The number of nitrogens with zero attached hydrogens (tertiary/aromatic N) is 3. The summed E-state index contributed by atoms with van der Waals surface area (Å²) in [5.74, 6) is 2.20. The SMILES string of the molecule is CC[C@H]1CN2CC[C@@H]1C[C@H]2[C@H](OC(=O)N1CCc2ccccc21)c1ccnc2ccc(OC)cc12. The number of aromatic nitrogens is 1. The topological polar surface area (TPSA) is 54.9 Å². The molecule has 182 valence electrons. The number of pyridine rings is 1. The standard InChI is InChI=1S/C29H33N3O3/c1-3-19-18-31-14-11-21(19)16-27(31)28(23-10-13-30-25-9-8-22(34-2)17-24(23)25)35-29(33)32-15-12-20-6-4-5-7-26(20)32/h4-10,13,17,19,21,27-28H,3,11-12,14-16,18H2,1-2H3/t19-,21+,27-,28+/m0/s1. The van der Waals surface area contributed by atoms with Crippen LogP contribution in [-0.2, 0) is 11.2 Å². The molecule has 3 aromatic rings. The van der Waals surface area contributed by atoms with Crippen molar-refractivity contribution in [2.45, 2.75) is 44.8 Å². The number of benzene rings is 2. The Kier molecular flexibility index (Phi) is 5.85. The molecule has 3 fully saturated rings. The lowest BCUT2D eigenvalue weighted by atomic mass is 9.72. The van der Waals surface area contributed by atoms with Crippen LogP contribution >= 0.6 is 0 Å². The highest BCUT2D eigenvalue weighted by molar-refractivity contribution is 5.91. The Morgan fingerprint density at radius 3 is 2.86 bits per heavy atom. The van der Waals surface area contributed by atoms with Crippen molar-refractivity contribution in [3.63, 3.8) is 0 Å². The molecule has 2 bridgehead atoms. The summed E-state index contributed by atoms with van der Waals surface area (Å²) in [5, 5.41) is 0.987. The van der Waals surface area contributed by atoms with Gasteiger partial charge in [0.25, 0.3) is 0 Å². The molecule has 1 unspecified atom stereocenters. The van der Waals surface area contributed by atoms with Gasteiger partial charge in [-0.3, -0.25) is 14.8 Å². The third kappa shape index (κ3) is 3.94. The van der Waals surface area contributed by atoms with E-state index in [1.54, 1.807) is 12.0 Å². The molecule has 5 atom stereocenters. The summed E-state index contributed by atoms with van der Waals surface area (Å²) < 4.78 is 12.0. The lowest BCUT2D eigenvalue weighted by Crippen LogP contribution is -2.56. The van der Waals surface area contributed by atoms with Crippen molar-refractivity contribution < 1.29 is 14.3 Å². The highest BCUT2D eigenvalue weighted by Gasteiger charge is 2.45.